The van der Waals surface area contributed by atoms with Crippen LogP contribution in [0.3, 0.4) is 0 Å². The summed E-state index contributed by atoms with van der Waals surface area (Å²) in [6.45, 7) is 6.79. The van der Waals surface area contributed by atoms with Crippen molar-refractivity contribution in [2.24, 2.45) is 11.8 Å². The molecule has 0 radical (unpaired) electrons. The number of amides is 1. The fourth-order valence-corrected chi connectivity index (χ4v) is 3.65. The summed E-state index contributed by atoms with van der Waals surface area (Å²) in [7, 11) is 0. The highest BCUT2D eigenvalue weighted by atomic mass is 19.1. The highest BCUT2D eigenvalue weighted by Gasteiger charge is 2.27. The van der Waals surface area contributed by atoms with Crippen molar-refractivity contribution in [2.45, 2.75) is 39.7 Å². The second-order valence-electron chi connectivity index (χ2n) is 7.31. The van der Waals surface area contributed by atoms with E-state index < -0.39 is 0 Å². The highest BCUT2D eigenvalue weighted by molar-refractivity contribution is 5.78. The maximum Gasteiger partial charge on any atom is 0.227 e. The number of hydrogen-bond acceptors (Lipinski definition) is 3. The van der Waals surface area contributed by atoms with Crippen LogP contribution in [-0.4, -0.2) is 40.1 Å². The molecule has 1 aliphatic rings. The molecular formula is C21H28FN3O2. The fourth-order valence-electron chi connectivity index (χ4n) is 3.65. The molecule has 1 aliphatic heterocycles. The van der Waals surface area contributed by atoms with Crippen LogP contribution in [0, 0.1) is 17.7 Å². The molecule has 0 N–H and O–H groups in total. The molecule has 1 aromatic carbocycles. The number of nitrogens with zero attached hydrogens (tertiary/aromatic N) is 3. The second kappa shape index (κ2) is 9.02. The molecule has 2 atom stereocenters. The van der Waals surface area contributed by atoms with E-state index in [9.17, 15) is 9.18 Å². The molecule has 0 spiro atoms. The summed E-state index contributed by atoms with van der Waals surface area (Å²) in [4.78, 5) is 19.2. The van der Waals surface area contributed by atoms with Crippen LogP contribution in [0.5, 0.6) is 5.75 Å². The van der Waals surface area contributed by atoms with E-state index in [4.69, 9.17) is 4.74 Å². The topological polar surface area (TPSA) is 47.4 Å². The molecule has 0 bridgehead atoms. The molecule has 1 aromatic heterocycles. The summed E-state index contributed by atoms with van der Waals surface area (Å²) in [6, 6.07) is 6.07. The van der Waals surface area contributed by atoms with Crippen molar-refractivity contribution in [3.8, 4) is 5.75 Å². The van der Waals surface area contributed by atoms with Gasteiger partial charge in [0.05, 0.1) is 12.5 Å². The van der Waals surface area contributed by atoms with Gasteiger partial charge in [-0.25, -0.2) is 9.37 Å². The average Bonchev–Trinajstić information content (AvgIpc) is 3.14. The van der Waals surface area contributed by atoms with E-state index >= 15 is 0 Å². The lowest BCUT2D eigenvalue weighted by atomic mass is 9.97. The summed E-state index contributed by atoms with van der Waals surface area (Å²) in [5.41, 5.74) is 0. The lowest BCUT2D eigenvalue weighted by molar-refractivity contribution is -0.137. The van der Waals surface area contributed by atoms with Gasteiger partial charge in [0.2, 0.25) is 5.91 Å². The first-order valence-corrected chi connectivity index (χ1v) is 9.74. The molecular weight excluding hydrogens is 345 g/mol. The summed E-state index contributed by atoms with van der Waals surface area (Å²) in [6.07, 6.45) is 6.63. The number of carbonyl (C=O) groups is 1. The summed E-state index contributed by atoms with van der Waals surface area (Å²) in [5, 5.41) is 0. The van der Waals surface area contributed by atoms with Crippen LogP contribution in [0.15, 0.2) is 36.7 Å². The van der Waals surface area contributed by atoms with E-state index in [-0.39, 0.29) is 17.6 Å². The number of likely N-dealkylation sites (tertiary alicyclic amines) is 1. The van der Waals surface area contributed by atoms with Crippen molar-refractivity contribution in [1.29, 1.82) is 0 Å². The summed E-state index contributed by atoms with van der Waals surface area (Å²) in [5.74, 6) is 1.83. The third kappa shape index (κ3) is 5.08. The molecule has 1 saturated heterocycles. The quantitative estimate of drug-likeness (QED) is 0.746. The maximum atomic E-state index is 13.0. The largest absolute Gasteiger partial charge is 0.493 e. The van der Waals surface area contributed by atoms with Crippen LogP contribution in [0.1, 0.15) is 32.5 Å². The number of rotatable bonds is 7. The van der Waals surface area contributed by atoms with Crippen LogP contribution in [-0.2, 0) is 17.8 Å². The molecule has 0 saturated carbocycles. The van der Waals surface area contributed by atoms with Gasteiger partial charge in [-0.05, 0) is 37.1 Å². The van der Waals surface area contributed by atoms with E-state index in [1.165, 1.54) is 12.1 Å². The van der Waals surface area contributed by atoms with Gasteiger partial charge in [0, 0.05) is 44.4 Å². The summed E-state index contributed by atoms with van der Waals surface area (Å²) < 4.78 is 20.8. The maximum absolute atomic E-state index is 13.0. The van der Waals surface area contributed by atoms with Crippen molar-refractivity contribution in [3.05, 3.63) is 48.3 Å². The van der Waals surface area contributed by atoms with E-state index in [1.54, 1.807) is 18.3 Å². The Morgan fingerprint density at radius 1 is 1.37 bits per heavy atom. The molecule has 6 heteroatoms. The third-order valence-electron chi connectivity index (χ3n) is 5.14. The molecule has 1 fully saturated rings. The Labute approximate surface area is 160 Å². The number of ether oxygens (including phenoxy) is 1. The Bertz CT molecular complexity index is 744. The lowest BCUT2D eigenvalue weighted by Gasteiger charge is -2.34. The van der Waals surface area contributed by atoms with Gasteiger partial charge in [0.15, 0.2) is 0 Å². The number of benzene rings is 1. The Kier molecular flexibility index (Phi) is 6.48. The molecule has 0 unspecified atom stereocenters. The van der Waals surface area contributed by atoms with Crippen molar-refractivity contribution >= 4 is 5.91 Å². The minimum absolute atomic E-state index is 0.0822. The minimum Gasteiger partial charge on any atom is -0.493 e. The van der Waals surface area contributed by atoms with E-state index in [0.717, 1.165) is 38.2 Å². The zero-order valence-electron chi connectivity index (χ0n) is 16.1. The first-order chi connectivity index (χ1) is 13.1. The predicted molar refractivity (Wildman–Crippen MR) is 102 cm³/mol. The smallest absolute Gasteiger partial charge is 0.227 e. The molecule has 1 amide bonds. The Hall–Kier alpha value is -2.37. The van der Waals surface area contributed by atoms with Gasteiger partial charge in [0.25, 0.3) is 0 Å². The van der Waals surface area contributed by atoms with Gasteiger partial charge >= 0.3 is 0 Å². The van der Waals surface area contributed by atoms with Crippen molar-refractivity contribution in [2.75, 3.05) is 19.7 Å². The molecule has 27 heavy (non-hydrogen) atoms. The number of aryl methyl sites for hydroxylation is 1. The second-order valence-corrected chi connectivity index (χ2v) is 7.31. The van der Waals surface area contributed by atoms with E-state index in [0.29, 0.717) is 24.8 Å². The standard InChI is InChI=1S/C21H28FN3O2/c1-3-20-23-10-12-24(20)13-16(2)21(26)25-11-4-5-17(14-25)15-27-19-8-6-18(22)7-9-19/h6-10,12,16-17H,3-5,11,13-15H2,1-2H3/t16-,17+/m0/s1. The fraction of sp³-hybridized carbons (Fsp3) is 0.524. The molecule has 2 heterocycles. The number of aromatic nitrogens is 2. The lowest BCUT2D eigenvalue weighted by Crippen LogP contribution is -2.44. The number of halogens is 1. The normalized spacial score (nSPS) is 18.3. The predicted octanol–water partition coefficient (Wildman–Crippen LogP) is 3.54. The minimum atomic E-state index is -0.269. The third-order valence-corrected chi connectivity index (χ3v) is 5.14. The molecule has 5 nitrogen and oxygen atoms in total. The van der Waals surface area contributed by atoms with E-state index in [2.05, 4.69) is 16.5 Å². The highest BCUT2D eigenvalue weighted by Crippen LogP contribution is 2.21. The number of piperidine rings is 1. The summed E-state index contributed by atoms with van der Waals surface area (Å²) >= 11 is 0. The van der Waals surface area contributed by atoms with Gasteiger partial charge in [0.1, 0.15) is 17.4 Å². The Morgan fingerprint density at radius 2 is 2.15 bits per heavy atom. The van der Waals surface area contributed by atoms with Gasteiger partial charge in [-0.15, -0.1) is 0 Å². The van der Waals surface area contributed by atoms with Crippen LogP contribution >= 0.6 is 0 Å². The monoisotopic (exact) mass is 373 g/mol. The van der Waals surface area contributed by atoms with Crippen LogP contribution < -0.4 is 4.74 Å². The first kappa shape index (κ1) is 19.4. The molecule has 2 aromatic rings. The average molecular weight is 373 g/mol. The van der Waals surface area contributed by atoms with Crippen LogP contribution in [0.25, 0.3) is 0 Å². The molecule has 3 rings (SSSR count). The van der Waals surface area contributed by atoms with Gasteiger partial charge in [-0.2, -0.15) is 0 Å². The van der Waals surface area contributed by atoms with Gasteiger partial charge in [-0.3, -0.25) is 4.79 Å². The number of carbonyl (C=O) groups excluding carboxylic acids is 1. The Morgan fingerprint density at radius 3 is 2.89 bits per heavy atom. The van der Waals surface area contributed by atoms with Crippen LogP contribution in [0.2, 0.25) is 0 Å². The van der Waals surface area contributed by atoms with Crippen molar-refractivity contribution in [3.63, 3.8) is 0 Å². The number of imidazole rings is 1. The zero-order valence-corrected chi connectivity index (χ0v) is 16.1. The van der Waals surface area contributed by atoms with Crippen molar-refractivity contribution < 1.29 is 13.9 Å². The zero-order chi connectivity index (χ0) is 19.2. The van der Waals surface area contributed by atoms with Gasteiger partial charge < -0.3 is 14.2 Å². The number of hydrogen-bond donors (Lipinski definition) is 0. The molecule has 146 valence electrons. The SMILES string of the molecule is CCc1nccn1C[C@H](C)C(=O)N1CCC[C@@H](COc2ccc(F)cc2)C1. The Balaban J connectivity index is 1.51. The van der Waals surface area contributed by atoms with Gasteiger partial charge in [-0.1, -0.05) is 13.8 Å². The first-order valence-electron chi connectivity index (χ1n) is 9.74. The van der Waals surface area contributed by atoms with Crippen LogP contribution in [0.4, 0.5) is 4.39 Å². The van der Waals surface area contributed by atoms with Crippen molar-refractivity contribution in [1.82, 2.24) is 14.5 Å². The molecule has 0 aliphatic carbocycles. The van der Waals surface area contributed by atoms with E-state index in [1.807, 2.05) is 18.0 Å².